The quantitative estimate of drug-likeness (QED) is 0.938. The molecule has 24 heavy (non-hydrogen) atoms. The molecule has 2 heterocycles. The van der Waals surface area contributed by atoms with Crippen LogP contribution in [0.15, 0.2) is 42.6 Å². The fourth-order valence-corrected chi connectivity index (χ4v) is 3.31. The summed E-state index contributed by atoms with van der Waals surface area (Å²) in [4.78, 5) is 19.1. The maximum absolute atomic E-state index is 12.4. The SMILES string of the molecule is Cc1ccc(C(=O)NCC2CCN(c3ccccn3)CC2)c(C)c1. The van der Waals surface area contributed by atoms with Gasteiger partial charge in [0.1, 0.15) is 5.82 Å². The Bertz CT molecular complexity index is 691. The first-order chi connectivity index (χ1) is 11.6. The van der Waals surface area contributed by atoms with E-state index in [1.807, 2.05) is 44.3 Å². The van der Waals surface area contributed by atoms with E-state index >= 15 is 0 Å². The van der Waals surface area contributed by atoms with Gasteiger partial charge in [0.15, 0.2) is 0 Å². The van der Waals surface area contributed by atoms with Gasteiger partial charge in [-0.15, -0.1) is 0 Å². The number of nitrogens with zero attached hydrogens (tertiary/aromatic N) is 2. The fraction of sp³-hybridized carbons (Fsp3) is 0.400. The Morgan fingerprint density at radius 2 is 2.00 bits per heavy atom. The number of rotatable bonds is 4. The van der Waals surface area contributed by atoms with Crippen molar-refractivity contribution >= 4 is 11.7 Å². The van der Waals surface area contributed by atoms with Crippen LogP contribution < -0.4 is 10.2 Å². The third-order valence-corrected chi connectivity index (χ3v) is 4.77. The van der Waals surface area contributed by atoms with Gasteiger partial charge in [-0.05, 0) is 56.4 Å². The zero-order valence-electron chi connectivity index (χ0n) is 14.5. The molecular formula is C20H25N3O. The lowest BCUT2D eigenvalue weighted by atomic mass is 9.96. The monoisotopic (exact) mass is 323 g/mol. The molecule has 1 amide bonds. The lowest BCUT2D eigenvalue weighted by molar-refractivity contribution is 0.0944. The highest BCUT2D eigenvalue weighted by atomic mass is 16.1. The number of aromatic nitrogens is 1. The normalized spacial score (nSPS) is 15.3. The van der Waals surface area contributed by atoms with Crippen molar-refractivity contribution in [1.82, 2.24) is 10.3 Å². The van der Waals surface area contributed by atoms with Crippen molar-refractivity contribution in [3.05, 3.63) is 59.3 Å². The number of benzene rings is 1. The van der Waals surface area contributed by atoms with Crippen LogP contribution in [-0.2, 0) is 0 Å². The van der Waals surface area contributed by atoms with E-state index in [0.717, 1.165) is 49.4 Å². The molecule has 0 radical (unpaired) electrons. The summed E-state index contributed by atoms with van der Waals surface area (Å²) in [7, 11) is 0. The van der Waals surface area contributed by atoms with E-state index < -0.39 is 0 Å². The van der Waals surface area contributed by atoms with E-state index in [0.29, 0.717) is 5.92 Å². The fourth-order valence-electron chi connectivity index (χ4n) is 3.31. The van der Waals surface area contributed by atoms with Crippen LogP contribution in [0.25, 0.3) is 0 Å². The Labute approximate surface area is 143 Å². The number of carbonyl (C=O) groups excluding carboxylic acids is 1. The smallest absolute Gasteiger partial charge is 0.251 e. The Balaban J connectivity index is 1.49. The maximum atomic E-state index is 12.4. The number of hydrogen-bond donors (Lipinski definition) is 1. The Morgan fingerprint density at radius 3 is 2.67 bits per heavy atom. The Morgan fingerprint density at radius 1 is 1.21 bits per heavy atom. The van der Waals surface area contributed by atoms with Gasteiger partial charge in [0.25, 0.3) is 5.91 Å². The van der Waals surface area contributed by atoms with Gasteiger partial charge in [0.05, 0.1) is 0 Å². The Hall–Kier alpha value is -2.36. The molecule has 1 aliphatic rings. The molecular weight excluding hydrogens is 298 g/mol. The van der Waals surface area contributed by atoms with Gasteiger partial charge >= 0.3 is 0 Å². The summed E-state index contributed by atoms with van der Waals surface area (Å²) < 4.78 is 0. The number of anilines is 1. The number of hydrogen-bond acceptors (Lipinski definition) is 3. The summed E-state index contributed by atoms with van der Waals surface area (Å²) in [6.07, 6.45) is 4.01. The van der Waals surface area contributed by atoms with Gasteiger partial charge in [-0.1, -0.05) is 23.8 Å². The molecule has 1 aromatic heterocycles. The minimum Gasteiger partial charge on any atom is -0.357 e. The van der Waals surface area contributed by atoms with Crippen LogP contribution in [0.5, 0.6) is 0 Å². The second kappa shape index (κ2) is 7.47. The van der Waals surface area contributed by atoms with Crippen LogP contribution in [0.2, 0.25) is 0 Å². The number of aryl methyl sites for hydroxylation is 2. The first-order valence-corrected chi connectivity index (χ1v) is 8.65. The van der Waals surface area contributed by atoms with Crippen molar-refractivity contribution in [2.75, 3.05) is 24.5 Å². The molecule has 0 unspecified atom stereocenters. The van der Waals surface area contributed by atoms with Crippen LogP contribution in [0.3, 0.4) is 0 Å². The number of piperidine rings is 1. The van der Waals surface area contributed by atoms with E-state index in [2.05, 4.69) is 27.3 Å². The molecule has 1 fully saturated rings. The highest BCUT2D eigenvalue weighted by Gasteiger charge is 2.20. The predicted octanol–water partition coefficient (Wildman–Crippen LogP) is 3.34. The molecule has 4 nitrogen and oxygen atoms in total. The average molecular weight is 323 g/mol. The van der Waals surface area contributed by atoms with Gasteiger partial charge in [0.2, 0.25) is 0 Å². The third-order valence-electron chi connectivity index (χ3n) is 4.77. The summed E-state index contributed by atoms with van der Waals surface area (Å²) in [6, 6.07) is 12.0. The lowest BCUT2D eigenvalue weighted by Gasteiger charge is -2.32. The molecule has 0 aliphatic carbocycles. The number of carbonyl (C=O) groups is 1. The average Bonchev–Trinajstić information content (AvgIpc) is 2.61. The largest absolute Gasteiger partial charge is 0.357 e. The molecule has 0 spiro atoms. The van der Waals surface area contributed by atoms with Crippen LogP contribution >= 0.6 is 0 Å². The van der Waals surface area contributed by atoms with Gasteiger partial charge in [0, 0.05) is 31.4 Å². The highest BCUT2D eigenvalue weighted by Crippen LogP contribution is 2.21. The second-order valence-corrected chi connectivity index (χ2v) is 6.65. The molecule has 1 N–H and O–H groups in total. The van der Waals surface area contributed by atoms with E-state index in [-0.39, 0.29) is 5.91 Å². The predicted molar refractivity (Wildman–Crippen MR) is 97.4 cm³/mol. The molecule has 126 valence electrons. The van der Waals surface area contributed by atoms with E-state index in [1.165, 1.54) is 5.56 Å². The summed E-state index contributed by atoms with van der Waals surface area (Å²) >= 11 is 0. The maximum Gasteiger partial charge on any atom is 0.251 e. The molecule has 0 saturated carbocycles. The van der Waals surface area contributed by atoms with Gasteiger partial charge in [-0.3, -0.25) is 4.79 Å². The van der Waals surface area contributed by atoms with Crippen molar-refractivity contribution in [3.63, 3.8) is 0 Å². The molecule has 0 bridgehead atoms. The first-order valence-electron chi connectivity index (χ1n) is 8.65. The molecule has 0 atom stereocenters. The van der Waals surface area contributed by atoms with E-state index in [1.54, 1.807) is 0 Å². The molecule has 1 aliphatic heterocycles. The standard InChI is InChI=1S/C20H25N3O/c1-15-6-7-18(16(2)13-15)20(24)22-14-17-8-11-23(12-9-17)19-5-3-4-10-21-19/h3-7,10,13,17H,8-9,11-12,14H2,1-2H3,(H,22,24). The minimum atomic E-state index is 0.0413. The van der Waals surface area contributed by atoms with Crippen LogP contribution in [0, 0.1) is 19.8 Å². The number of nitrogens with one attached hydrogen (secondary N) is 1. The number of pyridine rings is 1. The summed E-state index contributed by atoms with van der Waals surface area (Å²) in [5.74, 6) is 1.63. The van der Waals surface area contributed by atoms with Crippen molar-refractivity contribution in [3.8, 4) is 0 Å². The summed E-state index contributed by atoms with van der Waals surface area (Å²) in [6.45, 7) is 6.79. The van der Waals surface area contributed by atoms with Crippen molar-refractivity contribution < 1.29 is 4.79 Å². The van der Waals surface area contributed by atoms with Crippen LogP contribution in [0.1, 0.15) is 34.3 Å². The molecule has 2 aromatic rings. The first kappa shape index (κ1) is 16.5. The topological polar surface area (TPSA) is 45.2 Å². The van der Waals surface area contributed by atoms with E-state index in [4.69, 9.17) is 0 Å². The summed E-state index contributed by atoms with van der Waals surface area (Å²) in [5.41, 5.74) is 3.01. The van der Waals surface area contributed by atoms with Crippen LogP contribution in [0.4, 0.5) is 5.82 Å². The van der Waals surface area contributed by atoms with Crippen LogP contribution in [-0.4, -0.2) is 30.5 Å². The molecule has 1 aromatic carbocycles. The Kier molecular flexibility index (Phi) is 5.14. The van der Waals surface area contributed by atoms with E-state index in [9.17, 15) is 4.79 Å². The van der Waals surface area contributed by atoms with Crippen molar-refractivity contribution in [2.24, 2.45) is 5.92 Å². The third kappa shape index (κ3) is 3.94. The highest BCUT2D eigenvalue weighted by molar-refractivity contribution is 5.95. The van der Waals surface area contributed by atoms with Gasteiger partial charge in [-0.25, -0.2) is 4.98 Å². The molecule has 1 saturated heterocycles. The zero-order chi connectivity index (χ0) is 16.9. The zero-order valence-corrected chi connectivity index (χ0v) is 14.5. The summed E-state index contributed by atoms with van der Waals surface area (Å²) in [5, 5.41) is 3.11. The van der Waals surface area contributed by atoms with Gasteiger partial charge < -0.3 is 10.2 Å². The molecule has 3 rings (SSSR count). The number of amides is 1. The molecule has 4 heteroatoms. The minimum absolute atomic E-state index is 0.0413. The van der Waals surface area contributed by atoms with Crippen molar-refractivity contribution in [1.29, 1.82) is 0 Å². The lowest BCUT2D eigenvalue weighted by Crippen LogP contribution is -2.39. The second-order valence-electron chi connectivity index (χ2n) is 6.65. The van der Waals surface area contributed by atoms with Crippen molar-refractivity contribution in [2.45, 2.75) is 26.7 Å². The van der Waals surface area contributed by atoms with Gasteiger partial charge in [-0.2, -0.15) is 0 Å².